The molecule has 1 heterocycles. The Balaban J connectivity index is 2.38. The van der Waals surface area contributed by atoms with E-state index in [4.69, 9.17) is 5.73 Å². The van der Waals surface area contributed by atoms with E-state index in [2.05, 4.69) is 14.4 Å². The molecule has 0 aliphatic carbocycles. The van der Waals surface area contributed by atoms with Crippen LogP contribution in [0.25, 0.3) is 0 Å². The molecule has 0 spiro atoms. The number of nitrogens with one attached hydrogen (secondary N) is 2. The van der Waals surface area contributed by atoms with E-state index in [1.54, 1.807) is 0 Å². The topological polar surface area (TPSA) is 131 Å². The number of sulfonamides is 2. The largest absolute Gasteiger partial charge is 0.384 e. The maximum atomic E-state index is 12.3. The number of rotatable bonds is 5. The van der Waals surface area contributed by atoms with Crippen molar-refractivity contribution in [2.24, 2.45) is 0 Å². The van der Waals surface area contributed by atoms with Gasteiger partial charge in [0, 0.05) is 0 Å². The van der Waals surface area contributed by atoms with Crippen LogP contribution < -0.4 is 15.2 Å². The van der Waals surface area contributed by atoms with Crippen LogP contribution in [0.15, 0.2) is 52.4 Å². The molecule has 0 aliphatic heterocycles. The van der Waals surface area contributed by atoms with Crippen LogP contribution in [0, 0.1) is 0 Å². The van der Waals surface area contributed by atoms with Gasteiger partial charge in [0.1, 0.15) is 5.82 Å². The summed E-state index contributed by atoms with van der Waals surface area (Å²) < 4.78 is 52.4. The summed E-state index contributed by atoms with van der Waals surface area (Å²) in [4.78, 5) is 3.45. The van der Waals surface area contributed by atoms with Crippen molar-refractivity contribution in [1.29, 1.82) is 0 Å². The van der Waals surface area contributed by atoms with Gasteiger partial charge in [0.25, 0.3) is 10.0 Å². The van der Waals surface area contributed by atoms with Crippen LogP contribution >= 0.6 is 0 Å². The van der Waals surface area contributed by atoms with E-state index < -0.39 is 20.0 Å². The summed E-state index contributed by atoms with van der Waals surface area (Å²) in [6.45, 7) is 0. The third-order valence-corrected chi connectivity index (χ3v) is 5.52. The predicted octanol–water partition coefficient (Wildman–Crippen LogP) is 0.373. The third-order valence-electron chi connectivity index (χ3n) is 2.73. The highest BCUT2D eigenvalue weighted by atomic mass is 32.2. The normalized spacial score (nSPS) is 12.0. The zero-order valence-corrected chi connectivity index (χ0v) is 13.1. The molecule has 0 fully saturated rings. The molecule has 0 radical (unpaired) electrons. The van der Waals surface area contributed by atoms with Crippen LogP contribution in [0.4, 0.5) is 11.5 Å². The Kier molecular flexibility index (Phi) is 4.35. The lowest BCUT2D eigenvalue weighted by atomic mass is 10.4. The van der Waals surface area contributed by atoms with Crippen molar-refractivity contribution < 1.29 is 16.8 Å². The van der Waals surface area contributed by atoms with Crippen molar-refractivity contribution in [1.82, 2.24) is 9.71 Å². The van der Waals surface area contributed by atoms with E-state index in [0.29, 0.717) is 0 Å². The number of aromatic nitrogens is 1. The van der Waals surface area contributed by atoms with Crippen LogP contribution in [0.2, 0.25) is 0 Å². The van der Waals surface area contributed by atoms with Crippen LogP contribution in [-0.2, 0) is 20.0 Å². The van der Waals surface area contributed by atoms with Gasteiger partial charge in [-0.25, -0.2) is 26.5 Å². The minimum atomic E-state index is -3.94. The van der Waals surface area contributed by atoms with Gasteiger partial charge in [-0.1, -0.05) is 6.07 Å². The molecule has 1 aromatic heterocycles. The molecule has 10 heteroatoms. The molecular formula is C12H14N4O4S2. The maximum absolute atomic E-state index is 12.3. The minimum absolute atomic E-state index is 0.145. The molecule has 8 nitrogen and oxygen atoms in total. The first-order valence-corrected chi connectivity index (χ1v) is 8.99. The third kappa shape index (κ3) is 3.53. The zero-order valence-electron chi connectivity index (χ0n) is 11.5. The number of nitrogens with two attached hydrogens (primary N) is 1. The molecule has 0 aliphatic rings. The second-order valence-corrected chi connectivity index (χ2v) is 7.83. The summed E-state index contributed by atoms with van der Waals surface area (Å²) in [5, 5.41) is 0. The van der Waals surface area contributed by atoms with Crippen LogP contribution in [0.3, 0.4) is 0 Å². The number of pyridine rings is 1. The van der Waals surface area contributed by atoms with Crippen LogP contribution in [-0.4, -0.2) is 28.9 Å². The Morgan fingerprint density at radius 1 is 1.00 bits per heavy atom. The number of nitrogens with zero attached hydrogens (tertiary/aromatic N) is 1. The monoisotopic (exact) mass is 342 g/mol. The van der Waals surface area contributed by atoms with E-state index >= 15 is 0 Å². The summed E-state index contributed by atoms with van der Waals surface area (Å²) in [6.07, 6.45) is 1.26. The first-order valence-electron chi connectivity index (χ1n) is 6.02. The summed E-state index contributed by atoms with van der Waals surface area (Å²) >= 11 is 0. The Bertz CT molecular complexity index is 878. The quantitative estimate of drug-likeness (QED) is 0.719. The second kappa shape index (κ2) is 5.91. The highest BCUT2D eigenvalue weighted by Gasteiger charge is 2.18. The molecule has 4 N–H and O–H groups in total. The van der Waals surface area contributed by atoms with Crippen LogP contribution in [0.5, 0.6) is 0 Å². The lowest BCUT2D eigenvalue weighted by Gasteiger charge is -2.09. The van der Waals surface area contributed by atoms with E-state index in [9.17, 15) is 16.8 Å². The maximum Gasteiger partial charge on any atom is 0.261 e. The first kappa shape index (κ1) is 16.2. The Hall–Kier alpha value is -2.17. The minimum Gasteiger partial charge on any atom is -0.384 e. The number of nitrogen functional groups attached to an aromatic ring is 1. The molecule has 1 aromatic carbocycles. The molecule has 118 valence electrons. The van der Waals surface area contributed by atoms with Gasteiger partial charge in [-0.3, -0.25) is 4.72 Å². The standard InChI is InChI=1S/C12H14N4O4S2/c1-14-21(17,18)10-3-2-4-11(7-10)22(19,20)16-9-5-6-12(13)15-8-9/h2-8,14,16H,1H3,(H2,13,15). The Labute approximate surface area is 128 Å². The Morgan fingerprint density at radius 2 is 1.64 bits per heavy atom. The van der Waals surface area contributed by atoms with Crippen molar-refractivity contribution in [3.05, 3.63) is 42.6 Å². The van der Waals surface area contributed by atoms with Crippen molar-refractivity contribution in [3.8, 4) is 0 Å². The van der Waals surface area contributed by atoms with Gasteiger partial charge in [0.05, 0.1) is 21.7 Å². The first-order chi connectivity index (χ1) is 10.2. The van der Waals surface area contributed by atoms with Gasteiger partial charge in [0.2, 0.25) is 10.0 Å². The van der Waals surface area contributed by atoms with Gasteiger partial charge < -0.3 is 5.73 Å². The zero-order chi connectivity index (χ0) is 16.4. The van der Waals surface area contributed by atoms with Crippen molar-refractivity contribution >= 4 is 31.6 Å². The molecule has 0 saturated carbocycles. The molecule has 0 atom stereocenters. The molecular weight excluding hydrogens is 328 g/mol. The summed E-state index contributed by atoms with van der Waals surface area (Å²) in [5.74, 6) is 0.255. The molecule has 2 rings (SSSR count). The smallest absolute Gasteiger partial charge is 0.261 e. The van der Waals surface area contributed by atoms with E-state index in [1.807, 2.05) is 0 Å². The van der Waals surface area contributed by atoms with Crippen LogP contribution in [0.1, 0.15) is 0 Å². The van der Waals surface area contributed by atoms with Gasteiger partial charge in [-0.05, 0) is 37.4 Å². The molecule has 0 unspecified atom stereocenters. The average Bonchev–Trinajstić information content (AvgIpc) is 2.49. The molecule has 22 heavy (non-hydrogen) atoms. The molecule has 2 aromatic rings. The highest BCUT2D eigenvalue weighted by molar-refractivity contribution is 7.93. The number of hydrogen-bond acceptors (Lipinski definition) is 6. The molecule has 0 bridgehead atoms. The number of anilines is 2. The van der Waals surface area contributed by atoms with Crippen molar-refractivity contribution in [2.75, 3.05) is 17.5 Å². The van der Waals surface area contributed by atoms with Crippen molar-refractivity contribution in [3.63, 3.8) is 0 Å². The summed E-state index contributed by atoms with van der Waals surface area (Å²) in [5.41, 5.74) is 5.64. The lowest BCUT2D eigenvalue weighted by Crippen LogP contribution is -2.19. The van der Waals surface area contributed by atoms with E-state index in [1.165, 1.54) is 43.6 Å². The van der Waals surface area contributed by atoms with Crippen molar-refractivity contribution in [2.45, 2.75) is 9.79 Å². The fourth-order valence-corrected chi connectivity index (χ4v) is 3.55. The fraction of sp³-hybridized carbons (Fsp3) is 0.0833. The average molecular weight is 342 g/mol. The fourth-order valence-electron chi connectivity index (χ4n) is 1.61. The summed E-state index contributed by atoms with van der Waals surface area (Å²) in [7, 11) is -6.43. The van der Waals surface area contributed by atoms with Gasteiger partial charge >= 0.3 is 0 Å². The predicted molar refractivity (Wildman–Crippen MR) is 82.1 cm³/mol. The van der Waals surface area contributed by atoms with E-state index in [0.717, 1.165) is 6.07 Å². The van der Waals surface area contributed by atoms with E-state index in [-0.39, 0.29) is 21.3 Å². The lowest BCUT2D eigenvalue weighted by molar-refractivity contribution is 0.588. The number of benzene rings is 1. The van der Waals surface area contributed by atoms with Gasteiger partial charge in [-0.15, -0.1) is 0 Å². The van der Waals surface area contributed by atoms with Gasteiger partial charge in [0.15, 0.2) is 0 Å². The summed E-state index contributed by atoms with van der Waals surface area (Å²) in [6, 6.07) is 7.91. The van der Waals surface area contributed by atoms with Gasteiger partial charge in [-0.2, -0.15) is 0 Å². The number of hydrogen-bond donors (Lipinski definition) is 3. The Morgan fingerprint density at radius 3 is 2.18 bits per heavy atom. The highest BCUT2D eigenvalue weighted by Crippen LogP contribution is 2.19. The molecule has 0 amide bonds. The second-order valence-electron chi connectivity index (χ2n) is 4.26. The SMILES string of the molecule is CNS(=O)(=O)c1cccc(S(=O)(=O)Nc2ccc(N)nc2)c1. The molecule has 0 saturated heterocycles.